The minimum absolute atomic E-state index is 0.0416. The molecule has 0 atom stereocenters. The minimum atomic E-state index is -0.0416. The van der Waals surface area contributed by atoms with Gasteiger partial charge >= 0.3 is 39.3 Å². The maximum Gasteiger partial charge on any atom is 0.0767 e. The number of halogens is 2. The van der Waals surface area contributed by atoms with Crippen molar-refractivity contribution in [2.75, 3.05) is 10.6 Å². The van der Waals surface area contributed by atoms with Crippen LogP contribution in [0.2, 0.25) is 0 Å². The zero-order valence-electron chi connectivity index (χ0n) is 27.7. The summed E-state index contributed by atoms with van der Waals surface area (Å²) in [6.45, 7) is 0. The van der Waals surface area contributed by atoms with Gasteiger partial charge in [-0.05, 0) is 55.9 Å². The number of rotatable bonds is 9. The van der Waals surface area contributed by atoms with Crippen LogP contribution in [0.3, 0.4) is 0 Å². The Kier molecular flexibility index (Phi) is 11.6. The van der Waals surface area contributed by atoms with Crippen LogP contribution < -0.4 is 10.6 Å². The van der Waals surface area contributed by atoms with E-state index in [9.17, 15) is 0 Å². The number of anilines is 2. The van der Waals surface area contributed by atoms with Crippen molar-refractivity contribution >= 4 is 61.4 Å². The Morgan fingerprint density at radius 3 is 0.922 bits per heavy atom. The molecule has 0 heterocycles. The van der Waals surface area contributed by atoms with E-state index in [1.807, 2.05) is 0 Å². The van der Waals surface area contributed by atoms with E-state index in [4.69, 9.17) is 0 Å². The Balaban J connectivity index is 0.00000131. The molecule has 5 heteroatoms. The Morgan fingerprint density at radius 1 is 0.333 bits per heavy atom. The quantitative estimate of drug-likeness (QED) is 0.142. The summed E-state index contributed by atoms with van der Waals surface area (Å²) in [5.41, 5.74) is 9.40. The van der Waals surface area contributed by atoms with Gasteiger partial charge < -0.3 is 10.6 Å². The van der Waals surface area contributed by atoms with E-state index in [0.29, 0.717) is 0 Å². The molecule has 0 bridgehead atoms. The molecule has 8 aromatic carbocycles. The van der Waals surface area contributed by atoms with Gasteiger partial charge in [0, 0.05) is 22.5 Å². The third-order valence-corrected chi connectivity index (χ3v) is 9.24. The van der Waals surface area contributed by atoms with E-state index in [2.05, 4.69) is 233 Å². The molecular weight excluding hydrogens is 799 g/mol. The maximum absolute atomic E-state index is 4.05. The van der Waals surface area contributed by atoms with Gasteiger partial charge in [-0.25, -0.2) is 0 Å². The number of nitrogens with one attached hydrogen (secondary N) is 2. The number of hydrogen-bond acceptors (Lipinski definition) is 2. The number of hydrogen-bond donors (Lipinski definition) is 2. The summed E-state index contributed by atoms with van der Waals surface area (Å²) in [5, 5.41) is 12.9. The molecule has 2 N–H and O–H groups in total. The molecule has 0 unspecified atom stereocenters. The monoisotopic (exact) mass is 832 g/mol. The van der Waals surface area contributed by atoms with Gasteiger partial charge in [-0.3, -0.25) is 0 Å². The molecule has 0 aliphatic rings. The zero-order chi connectivity index (χ0) is 34.8. The van der Waals surface area contributed by atoms with E-state index < -0.39 is 0 Å². The molecule has 8 rings (SSSR count). The second-order valence-corrected chi connectivity index (χ2v) is 17.2. The standard InChI is InChI=1S/C46H36N2.2BrH.Ni/c1-5-19-35(20-6-1)45(36-21-7-2-8-22-36)47-41-31-29-33-17-13-15-27-39(33)43(41)44-40-28-16-14-18-34(40)30-32-42(44)48-46(37-23-9-3-10-24-37)38-25-11-4-12-26-38;;;/h1-32,45-48H;2*1H;/q;;;+2/p-2. The van der Waals surface area contributed by atoms with Crippen molar-refractivity contribution in [3.63, 3.8) is 0 Å². The Labute approximate surface area is 320 Å². The van der Waals surface area contributed by atoms with Crippen LogP contribution in [0.1, 0.15) is 34.3 Å². The smallest absolute Gasteiger partial charge is 0.0767 e. The molecule has 254 valence electrons. The minimum Gasteiger partial charge on any atom is -0.374 e. The fraction of sp³-hybridized carbons (Fsp3) is 0.0435. The number of fused-ring (bicyclic) bond motifs is 2. The van der Waals surface area contributed by atoms with E-state index in [1.165, 1.54) is 65.8 Å². The summed E-state index contributed by atoms with van der Waals surface area (Å²) in [7, 11) is 1.25. The van der Waals surface area contributed by atoms with Crippen LogP contribution in [0, 0.1) is 0 Å². The van der Waals surface area contributed by atoms with Gasteiger partial charge in [-0.15, -0.1) is 0 Å². The fourth-order valence-electron chi connectivity index (χ4n) is 6.93. The van der Waals surface area contributed by atoms with Crippen LogP contribution in [0.5, 0.6) is 0 Å². The third kappa shape index (κ3) is 7.97. The largest absolute Gasteiger partial charge is 0.374 e. The maximum atomic E-state index is 4.05. The predicted molar refractivity (Wildman–Crippen MR) is 221 cm³/mol. The Morgan fingerprint density at radius 2 is 0.608 bits per heavy atom. The Hall–Kier alpha value is -4.67. The normalized spacial score (nSPS) is 11.1. The van der Waals surface area contributed by atoms with Crippen LogP contribution in [-0.4, -0.2) is 0 Å². The van der Waals surface area contributed by atoms with Crippen molar-refractivity contribution in [3.05, 3.63) is 216 Å². The SMILES string of the molecule is [Br][Ni][Br].c1ccc(C(Nc2ccc3ccccc3c2-c2c(NC(c3ccccc3)c3ccccc3)ccc3ccccc23)c2ccccc2)cc1. The molecule has 0 aliphatic heterocycles. The fourth-order valence-corrected chi connectivity index (χ4v) is 6.93. The van der Waals surface area contributed by atoms with Crippen LogP contribution in [0.15, 0.2) is 194 Å². The van der Waals surface area contributed by atoms with Gasteiger partial charge in [0.25, 0.3) is 0 Å². The zero-order valence-corrected chi connectivity index (χ0v) is 31.9. The van der Waals surface area contributed by atoms with Gasteiger partial charge in [0.1, 0.15) is 0 Å². The summed E-state index contributed by atoms with van der Waals surface area (Å²) < 4.78 is 0. The summed E-state index contributed by atoms with van der Waals surface area (Å²) in [5.74, 6) is 0. The van der Waals surface area contributed by atoms with Crippen LogP contribution in [-0.2, 0) is 10.9 Å². The second kappa shape index (κ2) is 17.0. The van der Waals surface area contributed by atoms with Crippen molar-refractivity contribution in [2.24, 2.45) is 0 Å². The van der Waals surface area contributed by atoms with Crippen molar-refractivity contribution in [3.8, 4) is 11.1 Å². The summed E-state index contributed by atoms with van der Waals surface area (Å²) in [6, 6.07) is 69.3. The molecule has 0 saturated heterocycles. The molecule has 51 heavy (non-hydrogen) atoms. The van der Waals surface area contributed by atoms with E-state index in [0.717, 1.165) is 11.4 Å². The molecule has 0 amide bonds. The van der Waals surface area contributed by atoms with Crippen LogP contribution >= 0.6 is 28.5 Å². The molecule has 0 radical (unpaired) electrons. The molecule has 0 fully saturated rings. The van der Waals surface area contributed by atoms with Crippen molar-refractivity contribution in [1.82, 2.24) is 0 Å². The van der Waals surface area contributed by atoms with Gasteiger partial charge in [-0.2, -0.15) is 0 Å². The van der Waals surface area contributed by atoms with Crippen molar-refractivity contribution in [1.29, 1.82) is 0 Å². The first kappa shape index (κ1) is 34.8. The van der Waals surface area contributed by atoms with Gasteiger partial charge in [0.05, 0.1) is 12.1 Å². The first-order valence-electron chi connectivity index (χ1n) is 16.8. The average molecular weight is 835 g/mol. The van der Waals surface area contributed by atoms with Crippen molar-refractivity contribution in [2.45, 2.75) is 12.1 Å². The van der Waals surface area contributed by atoms with E-state index >= 15 is 0 Å². The Bertz CT molecular complexity index is 2070. The van der Waals surface area contributed by atoms with Crippen LogP contribution in [0.25, 0.3) is 32.7 Å². The van der Waals surface area contributed by atoms with Crippen molar-refractivity contribution < 1.29 is 10.9 Å². The second-order valence-electron chi connectivity index (χ2n) is 12.3. The molecule has 0 aliphatic carbocycles. The molecule has 0 spiro atoms. The first-order chi connectivity index (χ1) is 25.2. The average Bonchev–Trinajstić information content (AvgIpc) is 3.20. The van der Waals surface area contributed by atoms with Crippen LogP contribution in [0.4, 0.5) is 11.4 Å². The molecule has 0 aromatic heterocycles. The van der Waals surface area contributed by atoms with E-state index in [-0.39, 0.29) is 12.1 Å². The summed E-state index contributed by atoms with van der Waals surface area (Å²) in [6.07, 6.45) is 0. The third-order valence-electron chi connectivity index (χ3n) is 9.24. The molecule has 0 saturated carbocycles. The molecular formula is C46H36Br2N2Ni. The summed E-state index contributed by atoms with van der Waals surface area (Å²) in [4.78, 5) is 0. The van der Waals surface area contributed by atoms with E-state index in [1.54, 1.807) is 0 Å². The summed E-state index contributed by atoms with van der Waals surface area (Å²) >= 11 is 6.00. The first-order valence-corrected chi connectivity index (χ1v) is 21.7. The molecule has 8 aromatic rings. The van der Waals surface area contributed by atoms with Gasteiger partial charge in [0.2, 0.25) is 0 Å². The van der Waals surface area contributed by atoms with Gasteiger partial charge in [-0.1, -0.05) is 182 Å². The number of benzene rings is 8. The molecule has 2 nitrogen and oxygen atoms in total. The van der Waals surface area contributed by atoms with Gasteiger partial charge in [0.15, 0.2) is 0 Å². The predicted octanol–water partition coefficient (Wildman–Crippen LogP) is 13.8. The topological polar surface area (TPSA) is 24.1 Å².